The van der Waals surface area contributed by atoms with E-state index in [2.05, 4.69) is 32.0 Å². The van der Waals surface area contributed by atoms with Gasteiger partial charge in [0, 0.05) is 0 Å². The van der Waals surface area contributed by atoms with Gasteiger partial charge in [-0.1, -0.05) is 25.1 Å². The normalized spacial score (nSPS) is 42.8. The Kier molecular flexibility index (Phi) is 2.79. The number of hydrogen-bond donors (Lipinski definition) is 1. The van der Waals surface area contributed by atoms with E-state index in [-0.39, 0.29) is 11.5 Å². The van der Waals surface area contributed by atoms with Crippen LogP contribution in [0.4, 0.5) is 0 Å². The van der Waals surface area contributed by atoms with Gasteiger partial charge in [0.25, 0.3) is 0 Å². The topological polar surface area (TPSA) is 20.2 Å². The van der Waals surface area contributed by atoms with Crippen molar-refractivity contribution < 1.29 is 5.11 Å². The molecule has 108 valence electrons. The van der Waals surface area contributed by atoms with Gasteiger partial charge in [-0.15, -0.1) is 0 Å². The third-order valence-corrected chi connectivity index (χ3v) is 6.96. The molecule has 3 aliphatic rings. The van der Waals surface area contributed by atoms with Crippen molar-refractivity contribution in [3.8, 4) is 0 Å². The molecule has 0 aromatic heterocycles. The van der Waals surface area contributed by atoms with Gasteiger partial charge in [-0.3, -0.25) is 0 Å². The Balaban J connectivity index is 1.73. The number of hydrogen-bond acceptors (Lipinski definition) is 1. The fraction of sp³-hybridized carbons (Fsp3) is 0.684. The Hall–Kier alpha value is -0.820. The Morgan fingerprint density at radius 1 is 1.15 bits per heavy atom. The lowest BCUT2D eigenvalue weighted by molar-refractivity contribution is -0.0226. The van der Waals surface area contributed by atoms with E-state index in [1.54, 1.807) is 11.1 Å². The Morgan fingerprint density at radius 2 is 2.00 bits per heavy atom. The first kappa shape index (κ1) is 12.9. The van der Waals surface area contributed by atoms with Crippen LogP contribution in [0.15, 0.2) is 18.2 Å². The first-order valence-electron chi connectivity index (χ1n) is 8.38. The van der Waals surface area contributed by atoms with Gasteiger partial charge in [-0.05, 0) is 85.3 Å². The second-order valence-electron chi connectivity index (χ2n) is 7.70. The highest BCUT2D eigenvalue weighted by atomic mass is 16.3. The smallest absolute Gasteiger partial charge is 0.0596 e. The van der Waals surface area contributed by atoms with Crippen LogP contribution < -0.4 is 0 Å². The maximum absolute atomic E-state index is 10.4. The fourth-order valence-electron chi connectivity index (χ4n) is 5.77. The predicted octanol–water partition coefficient (Wildman–Crippen LogP) is 4.21. The van der Waals surface area contributed by atoms with E-state index in [1.165, 1.54) is 37.7 Å². The SMILES string of the molecule is Cc1cccc2c1CC[C@@H]1[C@@H]2CC[C@]2(C)[C@@H](O)CC[C@@H]12. The molecular formula is C19H26O. The molecule has 4 rings (SSSR count). The van der Waals surface area contributed by atoms with Crippen LogP contribution in [0.25, 0.3) is 0 Å². The van der Waals surface area contributed by atoms with E-state index >= 15 is 0 Å². The standard InChI is InChI=1S/C19H26O/c1-12-4-3-5-14-13(12)6-7-16-15(14)10-11-19(2)17(16)8-9-18(19)20/h3-5,15-18,20H,6-11H2,1-2H3/t15-,16-,17+,18+,19+/m1/s1. The minimum absolute atomic E-state index is 0.0487. The molecular weight excluding hydrogens is 244 g/mol. The number of rotatable bonds is 0. The summed E-state index contributed by atoms with van der Waals surface area (Å²) >= 11 is 0. The lowest BCUT2D eigenvalue weighted by Crippen LogP contribution is -2.44. The van der Waals surface area contributed by atoms with Gasteiger partial charge >= 0.3 is 0 Å². The quantitative estimate of drug-likeness (QED) is 0.748. The fourth-order valence-corrected chi connectivity index (χ4v) is 5.77. The number of fused-ring (bicyclic) bond motifs is 5. The van der Waals surface area contributed by atoms with E-state index in [0.29, 0.717) is 0 Å². The highest BCUT2D eigenvalue weighted by Gasteiger charge is 2.54. The summed E-state index contributed by atoms with van der Waals surface area (Å²) in [4.78, 5) is 0. The van der Waals surface area contributed by atoms with E-state index < -0.39 is 0 Å². The number of benzene rings is 1. The van der Waals surface area contributed by atoms with Crippen LogP contribution in [-0.2, 0) is 6.42 Å². The van der Waals surface area contributed by atoms with Gasteiger partial charge in [-0.2, -0.15) is 0 Å². The van der Waals surface area contributed by atoms with E-state index in [0.717, 1.165) is 24.2 Å². The zero-order valence-electron chi connectivity index (χ0n) is 12.7. The molecule has 1 aromatic rings. The van der Waals surface area contributed by atoms with Crippen LogP contribution in [0.1, 0.15) is 61.6 Å². The van der Waals surface area contributed by atoms with Gasteiger partial charge in [0.15, 0.2) is 0 Å². The van der Waals surface area contributed by atoms with Gasteiger partial charge in [0.2, 0.25) is 0 Å². The van der Waals surface area contributed by atoms with Gasteiger partial charge in [-0.25, -0.2) is 0 Å². The third-order valence-electron chi connectivity index (χ3n) is 6.96. The average Bonchev–Trinajstić information content (AvgIpc) is 2.75. The van der Waals surface area contributed by atoms with Crippen molar-refractivity contribution in [3.05, 3.63) is 34.9 Å². The summed E-state index contributed by atoms with van der Waals surface area (Å²) in [5.74, 6) is 2.34. The molecule has 1 nitrogen and oxygen atoms in total. The molecule has 2 fully saturated rings. The van der Waals surface area contributed by atoms with Crippen LogP contribution in [0.2, 0.25) is 0 Å². The molecule has 1 N–H and O–H groups in total. The first-order valence-corrected chi connectivity index (χ1v) is 8.38. The zero-order chi connectivity index (χ0) is 13.9. The molecule has 0 amide bonds. The van der Waals surface area contributed by atoms with E-state index in [1.807, 2.05) is 0 Å². The molecule has 0 bridgehead atoms. The van der Waals surface area contributed by atoms with Crippen LogP contribution in [0.5, 0.6) is 0 Å². The Labute approximate surface area is 122 Å². The third kappa shape index (κ3) is 1.59. The molecule has 0 heterocycles. The number of aliphatic hydroxyl groups is 1. The summed E-state index contributed by atoms with van der Waals surface area (Å²) in [7, 11) is 0. The highest BCUT2D eigenvalue weighted by Crippen LogP contribution is 2.60. The van der Waals surface area contributed by atoms with Crippen molar-refractivity contribution in [2.45, 2.75) is 64.4 Å². The van der Waals surface area contributed by atoms with Gasteiger partial charge in [0.1, 0.15) is 0 Å². The molecule has 2 saturated carbocycles. The van der Waals surface area contributed by atoms with E-state index in [9.17, 15) is 5.11 Å². The van der Waals surface area contributed by atoms with Crippen LogP contribution in [0.3, 0.4) is 0 Å². The first-order chi connectivity index (χ1) is 9.61. The zero-order valence-corrected chi connectivity index (χ0v) is 12.7. The van der Waals surface area contributed by atoms with Gasteiger partial charge < -0.3 is 5.11 Å². The maximum atomic E-state index is 10.4. The van der Waals surface area contributed by atoms with Crippen LogP contribution >= 0.6 is 0 Å². The highest BCUT2D eigenvalue weighted by molar-refractivity contribution is 5.40. The second kappa shape index (κ2) is 4.34. The molecule has 0 unspecified atom stereocenters. The predicted molar refractivity (Wildman–Crippen MR) is 81.8 cm³/mol. The van der Waals surface area contributed by atoms with Crippen LogP contribution in [-0.4, -0.2) is 11.2 Å². The summed E-state index contributed by atoms with van der Waals surface area (Å²) < 4.78 is 0. The second-order valence-corrected chi connectivity index (χ2v) is 7.70. The average molecular weight is 270 g/mol. The molecule has 1 heteroatoms. The lowest BCUT2D eigenvalue weighted by atomic mass is 9.55. The van der Waals surface area contributed by atoms with Crippen molar-refractivity contribution in [1.82, 2.24) is 0 Å². The van der Waals surface area contributed by atoms with Crippen molar-refractivity contribution in [2.75, 3.05) is 0 Å². The molecule has 0 aliphatic heterocycles. The number of aliphatic hydroxyl groups excluding tert-OH is 1. The van der Waals surface area contributed by atoms with Crippen molar-refractivity contribution in [3.63, 3.8) is 0 Å². The lowest BCUT2D eigenvalue weighted by Gasteiger charge is -2.50. The Morgan fingerprint density at radius 3 is 2.85 bits per heavy atom. The molecule has 5 atom stereocenters. The summed E-state index contributed by atoms with van der Waals surface area (Å²) in [6, 6.07) is 6.90. The minimum atomic E-state index is -0.0487. The summed E-state index contributed by atoms with van der Waals surface area (Å²) in [5.41, 5.74) is 4.98. The largest absolute Gasteiger partial charge is 0.393 e. The summed E-state index contributed by atoms with van der Waals surface area (Å²) in [6.07, 6.45) is 7.33. The monoisotopic (exact) mass is 270 g/mol. The molecule has 1 aromatic carbocycles. The molecule has 0 saturated heterocycles. The minimum Gasteiger partial charge on any atom is -0.393 e. The number of aryl methyl sites for hydroxylation is 1. The summed E-state index contributed by atoms with van der Waals surface area (Å²) in [5, 5.41) is 10.4. The molecule has 20 heavy (non-hydrogen) atoms. The van der Waals surface area contributed by atoms with Crippen molar-refractivity contribution in [2.24, 2.45) is 17.3 Å². The molecule has 0 radical (unpaired) electrons. The van der Waals surface area contributed by atoms with Crippen molar-refractivity contribution >= 4 is 0 Å². The van der Waals surface area contributed by atoms with Crippen LogP contribution in [0, 0.1) is 24.2 Å². The Bertz CT molecular complexity index is 535. The van der Waals surface area contributed by atoms with Crippen molar-refractivity contribution in [1.29, 1.82) is 0 Å². The maximum Gasteiger partial charge on any atom is 0.0596 e. The molecule has 0 spiro atoms. The summed E-state index contributed by atoms with van der Waals surface area (Å²) in [6.45, 7) is 4.63. The van der Waals surface area contributed by atoms with Gasteiger partial charge in [0.05, 0.1) is 6.10 Å². The molecule has 3 aliphatic carbocycles. The van der Waals surface area contributed by atoms with E-state index in [4.69, 9.17) is 0 Å².